The summed E-state index contributed by atoms with van der Waals surface area (Å²) in [7, 11) is 2.96. The fourth-order valence-corrected chi connectivity index (χ4v) is 3.01. The van der Waals surface area contributed by atoms with Gasteiger partial charge in [0.05, 0.1) is 19.2 Å². The second-order valence-corrected chi connectivity index (χ2v) is 6.89. The van der Waals surface area contributed by atoms with E-state index in [0.717, 1.165) is 5.56 Å². The summed E-state index contributed by atoms with van der Waals surface area (Å²) in [5.74, 6) is 0.691. The molecule has 0 aliphatic rings. The Balaban J connectivity index is 1.63. The SMILES string of the molecule is COC(=O)c1cc(CN(C)C(=O)c2ccc(OC(C)c3ccccc3)nc2)oc1C. The Labute approximate surface area is 175 Å². The highest BCUT2D eigenvalue weighted by atomic mass is 16.5. The van der Waals surface area contributed by atoms with Gasteiger partial charge < -0.3 is 18.8 Å². The van der Waals surface area contributed by atoms with Crippen LogP contribution in [0.25, 0.3) is 0 Å². The van der Waals surface area contributed by atoms with Crippen LogP contribution in [0.2, 0.25) is 0 Å². The predicted molar refractivity (Wildman–Crippen MR) is 110 cm³/mol. The van der Waals surface area contributed by atoms with E-state index in [2.05, 4.69) is 4.98 Å². The normalized spacial score (nSPS) is 11.6. The third-order valence-electron chi connectivity index (χ3n) is 4.66. The lowest BCUT2D eigenvalue weighted by Crippen LogP contribution is -2.26. The summed E-state index contributed by atoms with van der Waals surface area (Å²) in [6, 6.07) is 14.8. The average Bonchev–Trinajstić information content (AvgIpc) is 3.13. The predicted octanol–water partition coefficient (Wildman–Crippen LogP) is 4.18. The van der Waals surface area contributed by atoms with Crippen LogP contribution in [0.5, 0.6) is 5.88 Å². The summed E-state index contributed by atoms with van der Waals surface area (Å²) in [5.41, 5.74) is 1.82. The van der Waals surface area contributed by atoms with Crippen molar-refractivity contribution in [3.8, 4) is 5.88 Å². The van der Waals surface area contributed by atoms with Crippen molar-refractivity contribution in [3.63, 3.8) is 0 Å². The van der Waals surface area contributed by atoms with Crippen molar-refractivity contribution >= 4 is 11.9 Å². The zero-order chi connectivity index (χ0) is 21.7. The largest absolute Gasteiger partial charge is 0.470 e. The Morgan fingerprint density at radius 2 is 1.90 bits per heavy atom. The van der Waals surface area contributed by atoms with Crippen molar-refractivity contribution in [1.29, 1.82) is 0 Å². The first-order chi connectivity index (χ1) is 14.4. The monoisotopic (exact) mass is 408 g/mol. The number of carbonyl (C=O) groups excluding carboxylic acids is 2. The molecule has 1 aromatic carbocycles. The number of nitrogens with zero attached hydrogens (tertiary/aromatic N) is 2. The molecular weight excluding hydrogens is 384 g/mol. The number of benzene rings is 1. The van der Waals surface area contributed by atoms with E-state index >= 15 is 0 Å². The molecule has 2 aromatic heterocycles. The van der Waals surface area contributed by atoms with Gasteiger partial charge in [-0.25, -0.2) is 9.78 Å². The smallest absolute Gasteiger partial charge is 0.341 e. The van der Waals surface area contributed by atoms with Crippen molar-refractivity contribution in [2.45, 2.75) is 26.5 Å². The van der Waals surface area contributed by atoms with Gasteiger partial charge in [0.25, 0.3) is 5.91 Å². The van der Waals surface area contributed by atoms with Crippen molar-refractivity contribution in [2.75, 3.05) is 14.2 Å². The molecule has 3 rings (SSSR count). The van der Waals surface area contributed by atoms with Crippen LogP contribution in [-0.4, -0.2) is 35.9 Å². The Kier molecular flexibility index (Phi) is 6.51. The molecule has 0 aliphatic carbocycles. The van der Waals surface area contributed by atoms with Gasteiger partial charge in [0.15, 0.2) is 0 Å². The van der Waals surface area contributed by atoms with Crippen LogP contribution in [0.1, 0.15) is 50.8 Å². The molecule has 1 unspecified atom stereocenters. The number of pyridine rings is 1. The Bertz CT molecular complexity index is 1010. The number of amides is 1. The zero-order valence-corrected chi connectivity index (χ0v) is 17.4. The molecule has 3 aromatic rings. The summed E-state index contributed by atoms with van der Waals surface area (Å²) in [4.78, 5) is 30.1. The number of rotatable bonds is 7. The number of ether oxygens (including phenoxy) is 2. The van der Waals surface area contributed by atoms with Gasteiger partial charge in [-0.3, -0.25) is 4.79 Å². The maximum Gasteiger partial charge on any atom is 0.341 e. The van der Waals surface area contributed by atoms with Gasteiger partial charge >= 0.3 is 5.97 Å². The van der Waals surface area contributed by atoms with E-state index in [1.165, 1.54) is 18.2 Å². The van der Waals surface area contributed by atoms with Crippen LogP contribution in [-0.2, 0) is 11.3 Å². The Hall–Kier alpha value is -3.61. The molecule has 30 heavy (non-hydrogen) atoms. The van der Waals surface area contributed by atoms with Crippen LogP contribution in [0, 0.1) is 6.92 Å². The van der Waals surface area contributed by atoms with Crippen molar-refractivity contribution in [1.82, 2.24) is 9.88 Å². The highest BCUT2D eigenvalue weighted by molar-refractivity contribution is 5.94. The second-order valence-electron chi connectivity index (χ2n) is 6.89. The number of esters is 1. The first kappa shape index (κ1) is 21.1. The molecule has 156 valence electrons. The number of furan rings is 1. The van der Waals surface area contributed by atoms with Crippen LogP contribution < -0.4 is 4.74 Å². The van der Waals surface area contributed by atoms with E-state index < -0.39 is 5.97 Å². The molecule has 7 nitrogen and oxygen atoms in total. The number of hydrogen-bond acceptors (Lipinski definition) is 6. The molecule has 0 radical (unpaired) electrons. The van der Waals surface area contributed by atoms with E-state index in [1.54, 1.807) is 32.2 Å². The summed E-state index contributed by atoms with van der Waals surface area (Å²) < 4.78 is 16.1. The fraction of sp³-hybridized carbons (Fsp3) is 0.261. The highest BCUT2D eigenvalue weighted by Crippen LogP contribution is 2.21. The third-order valence-corrected chi connectivity index (χ3v) is 4.66. The molecule has 0 aliphatic heterocycles. The standard InChI is InChI=1S/C23H24N2O5/c1-15(17-8-6-5-7-9-17)30-21-11-10-18(13-24-21)22(26)25(3)14-19-12-20(16(2)29-19)23(27)28-4/h5-13,15H,14H2,1-4H3. The molecule has 1 amide bonds. The van der Waals surface area contributed by atoms with Gasteiger partial charge in [-0.2, -0.15) is 0 Å². The number of aryl methyl sites for hydroxylation is 1. The van der Waals surface area contributed by atoms with Crippen molar-refractivity contribution in [2.24, 2.45) is 0 Å². The molecule has 0 saturated heterocycles. The minimum Gasteiger partial charge on any atom is -0.470 e. The first-order valence-corrected chi connectivity index (χ1v) is 9.49. The maximum absolute atomic E-state index is 12.7. The first-order valence-electron chi connectivity index (χ1n) is 9.49. The van der Waals surface area contributed by atoms with E-state index in [4.69, 9.17) is 13.9 Å². The molecule has 0 fully saturated rings. The number of carbonyl (C=O) groups is 2. The topological polar surface area (TPSA) is 81.9 Å². The van der Waals surface area contributed by atoms with E-state index in [0.29, 0.717) is 28.5 Å². The van der Waals surface area contributed by atoms with Gasteiger partial charge in [0.1, 0.15) is 23.2 Å². The summed E-state index contributed by atoms with van der Waals surface area (Å²) in [5, 5.41) is 0. The minimum absolute atomic E-state index is 0.158. The van der Waals surface area contributed by atoms with E-state index in [9.17, 15) is 9.59 Å². The van der Waals surface area contributed by atoms with Crippen LogP contribution >= 0.6 is 0 Å². The van der Waals surface area contributed by atoms with Crippen LogP contribution in [0.4, 0.5) is 0 Å². The molecule has 2 heterocycles. The quantitative estimate of drug-likeness (QED) is 0.546. The lowest BCUT2D eigenvalue weighted by molar-refractivity contribution is 0.0598. The van der Waals surface area contributed by atoms with Crippen LogP contribution in [0.3, 0.4) is 0 Å². The maximum atomic E-state index is 12.7. The van der Waals surface area contributed by atoms with Gasteiger partial charge in [-0.1, -0.05) is 30.3 Å². The molecule has 0 bridgehead atoms. The molecule has 1 atom stereocenters. The number of methoxy groups -OCH3 is 1. The second kappa shape index (κ2) is 9.26. The summed E-state index contributed by atoms with van der Waals surface area (Å²) in [6.07, 6.45) is 1.33. The highest BCUT2D eigenvalue weighted by Gasteiger charge is 2.19. The minimum atomic E-state index is -0.471. The van der Waals surface area contributed by atoms with Crippen LogP contribution in [0.15, 0.2) is 59.1 Å². The molecule has 7 heteroatoms. The number of aromatic nitrogens is 1. The lowest BCUT2D eigenvalue weighted by atomic mass is 10.1. The van der Waals surface area contributed by atoms with Crippen molar-refractivity contribution < 1.29 is 23.5 Å². The molecule has 0 saturated carbocycles. The zero-order valence-electron chi connectivity index (χ0n) is 17.4. The lowest BCUT2D eigenvalue weighted by Gasteiger charge is -2.17. The van der Waals surface area contributed by atoms with Gasteiger partial charge in [-0.15, -0.1) is 0 Å². The fourth-order valence-electron chi connectivity index (χ4n) is 3.01. The van der Waals surface area contributed by atoms with Crippen molar-refractivity contribution in [3.05, 3.63) is 82.9 Å². The van der Waals surface area contributed by atoms with E-state index in [1.807, 2.05) is 37.3 Å². The van der Waals surface area contributed by atoms with Gasteiger partial charge in [-0.05, 0) is 31.5 Å². The Morgan fingerprint density at radius 1 is 1.17 bits per heavy atom. The Morgan fingerprint density at radius 3 is 2.53 bits per heavy atom. The number of hydrogen-bond donors (Lipinski definition) is 0. The third kappa shape index (κ3) is 4.86. The summed E-state index contributed by atoms with van der Waals surface area (Å²) in [6.45, 7) is 3.83. The molecule has 0 spiro atoms. The average molecular weight is 408 g/mol. The summed E-state index contributed by atoms with van der Waals surface area (Å²) >= 11 is 0. The molecular formula is C23H24N2O5. The van der Waals surface area contributed by atoms with Gasteiger partial charge in [0, 0.05) is 19.3 Å². The van der Waals surface area contributed by atoms with E-state index in [-0.39, 0.29) is 18.6 Å². The molecule has 0 N–H and O–H groups in total. The van der Waals surface area contributed by atoms with Gasteiger partial charge in [0.2, 0.25) is 5.88 Å².